The number of rotatable bonds is 7. The van der Waals surface area contributed by atoms with Crippen molar-refractivity contribution in [3.8, 4) is 0 Å². The summed E-state index contributed by atoms with van der Waals surface area (Å²) < 4.78 is 29.2. The zero-order valence-electron chi connectivity index (χ0n) is 10.7. The Morgan fingerprint density at radius 1 is 1.26 bits per heavy atom. The second-order valence-electron chi connectivity index (χ2n) is 3.84. The van der Waals surface area contributed by atoms with Gasteiger partial charge >= 0.3 is 10.2 Å². The molecule has 108 valence electrons. The first-order valence-electron chi connectivity index (χ1n) is 5.86. The molecule has 0 unspecified atom stereocenters. The maximum Gasteiger partial charge on any atom is 0.302 e. The lowest BCUT2D eigenvalue weighted by Crippen LogP contribution is -2.37. The molecule has 0 radical (unpaired) electrons. The van der Waals surface area contributed by atoms with Gasteiger partial charge in [-0.3, -0.25) is 4.72 Å². The lowest BCUT2D eigenvalue weighted by molar-refractivity contribution is 0.413. The van der Waals surface area contributed by atoms with Crippen LogP contribution in [0.1, 0.15) is 26.7 Å². The number of anilines is 1. The Hall–Kier alpha value is -0.250. The molecule has 0 aliphatic carbocycles. The fraction of sp³-hybridized carbons (Fsp3) is 0.600. The molecule has 0 aliphatic rings. The normalized spacial score (nSPS) is 11.8. The van der Waals surface area contributed by atoms with Gasteiger partial charge in [-0.25, -0.2) is 9.97 Å². The number of hydrogen-bond acceptors (Lipinski definition) is 4. The molecule has 1 heterocycles. The summed E-state index contributed by atoms with van der Waals surface area (Å²) in [7, 11) is -3.60. The predicted octanol–water partition coefficient (Wildman–Crippen LogP) is 2.78. The van der Waals surface area contributed by atoms with E-state index in [2.05, 4.69) is 46.5 Å². The van der Waals surface area contributed by atoms with E-state index in [0.29, 0.717) is 22.3 Å². The third kappa shape index (κ3) is 4.97. The molecule has 9 heteroatoms. The Labute approximate surface area is 130 Å². The zero-order valence-corrected chi connectivity index (χ0v) is 14.7. The molecule has 0 aliphatic heterocycles. The molecule has 0 aromatic carbocycles. The first-order chi connectivity index (χ1) is 8.90. The summed E-state index contributed by atoms with van der Waals surface area (Å²) in [4.78, 5) is 8.03. The summed E-state index contributed by atoms with van der Waals surface area (Å²) >= 11 is 6.34. The highest BCUT2D eigenvalue weighted by atomic mass is 79.9. The summed E-state index contributed by atoms with van der Waals surface area (Å²) in [5, 5.41) is 0. The average molecular weight is 416 g/mol. The van der Waals surface area contributed by atoms with Crippen LogP contribution < -0.4 is 4.72 Å². The Kier molecular flexibility index (Phi) is 6.64. The molecule has 0 bridgehead atoms. The Balaban J connectivity index is 2.93. The Morgan fingerprint density at radius 2 is 1.84 bits per heavy atom. The first-order valence-corrected chi connectivity index (χ1v) is 8.89. The molecule has 1 aromatic heterocycles. The first kappa shape index (κ1) is 16.8. The molecule has 1 N–H and O–H groups in total. The van der Waals surface area contributed by atoms with Crippen molar-refractivity contribution in [3.63, 3.8) is 0 Å². The molecular weight excluding hydrogens is 400 g/mol. The van der Waals surface area contributed by atoms with Crippen molar-refractivity contribution in [1.82, 2.24) is 14.3 Å². The summed E-state index contributed by atoms with van der Waals surface area (Å²) in [6.45, 7) is 4.83. The van der Waals surface area contributed by atoms with E-state index in [9.17, 15) is 8.42 Å². The minimum atomic E-state index is -3.60. The summed E-state index contributed by atoms with van der Waals surface area (Å²) in [6, 6.07) is 0. The molecule has 0 saturated carbocycles. The van der Waals surface area contributed by atoms with Crippen LogP contribution in [0.3, 0.4) is 0 Å². The maximum atomic E-state index is 12.2. The van der Waals surface area contributed by atoms with Crippen LogP contribution in [0.15, 0.2) is 15.4 Å². The number of nitrogens with one attached hydrogen (secondary N) is 1. The third-order valence-electron chi connectivity index (χ3n) is 2.21. The van der Waals surface area contributed by atoms with Crippen molar-refractivity contribution in [2.24, 2.45) is 0 Å². The second kappa shape index (κ2) is 7.51. The Morgan fingerprint density at radius 3 is 2.32 bits per heavy atom. The van der Waals surface area contributed by atoms with E-state index in [1.807, 2.05) is 13.8 Å². The van der Waals surface area contributed by atoms with Crippen LogP contribution in [0.5, 0.6) is 0 Å². The topological polar surface area (TPSA) is 75.2 Å². The fourth-order valence-corrected chi connectivity index (χ4v) is 3.86. The van der Waals surface area contributed by atoms with Gasteiger partial charge in [0.2, 0.25) is 0 Å². The van der Waals surface area contributed by atoms with Crippen LogP contribution in [0.2, 0.25) is 0 Å². The summed E-state index contributed by atoms with van der Waals surface area (Å²) in [5.41, 5.74) is 0. The van der Waals surface area contributed by atoms with Crippen molar-refractivity contribution in [1.29, 1.82) is 0 Å². The molecule has 1 rings (SSSR count). The highest BCUT2D eigenvalue weighted by Crippen LogP contribution is 2.21. The van der Waals surface area contributed by atoms with E-state index in [-0.39, 0.29) is 5.82 Å². The minimum absolute atomic E-state index is 0.181. The molecule has 0 fully saturated rings. The van der Waals surface area contributed by atoms with Crippen LogP contribution in [-0.4, -0.2) is 35.8 Å². The van der Waals surface area contributed by atoms with Gasteiger partial charge in [0.15, 0.2) is 10.4 Å². The molecule has 0 spiro atoms. The van der Waals surface area contributed by atoms with E-state index in [1.165, 1.54) is 10.5 Å². The lowest BCUT2D eigenvalue weighted by Gasteiger charge is -2.21. The minimum Gasteiger partial charge on any atom is -0.252 e. The molecule has 6 nitrogen and oxygen atoms in total. The van der Waals surface area contributed by atoms with Gasteiger partial charge in [-0.05, 0) is 44.7 Å². The van der Waals surface area contributed by atoms with E-state index >= 15 is 0 Å². The predicted molar refractivity (Wildman–Crippen MR) is 82.1 cm³/mol. The molecule has 0 atom stereocenters. The van der Waals surface area contributed by atoms with Crippen LogP contribution in [0.4, 0.5) is 5.82 Å². The number of aromatic nitrogens is 2. The van der Waals surface area contributed by atoms with Crippen molar-refractivity contribution in [2.75, 3.05) is 17.8 Å². The highest BCUT2D eigenvalue weighted by molar-refractivity contribution is 9.11. The SMILES string of the molecule is CCCN(CCC)S(=O)(=O)Nc1ncc(Br)nc1Br. The van der Waals surface area contributed by atoms with E-state index in [1.54, 1.807) is 0 Å². The second-order valence-corrected chi connectivity index (χ2v) is 7.07. The standard InChI is InChI=1S/C10H16Br2N4O2S/c1-3-5-16(6-4-2)19(17,18)15-10-9(12)14-8(11)7-13-10/h7H,3-6H2,1-2H3,(H,13,15). The highest BCUT2D eigenvalue weighted by Gasteiger charge is 2.22. The zero-order chi connectivity index (χ0) is 14.5. The van der Waals surface area contributed by atoms with E-state index < -0.39 is 10.2 Å². The van der Waals surface area contributed by atoms with Gasteiger partial charge in [-0.15, -0.1) is 0 Å². The average Bonchev–Trinajstić information content (AvgIpc) is 2.32. The molecule has 0 saturated heterocycles. The number of halogens is 2. The van der Waals surface area contributed by atoms with Crippen molar-refractivity contribution in [2.45, 2.75) is 26.7 Å². The van der Waals surface area contributed by atoms with Gasteiger partial charge in [-0.2, -0.15) is 12.7 Å². The molecule has 1 aromatic rings. The third-order valence-corrected chi connectivity index (χ3v) is 4.64. The number of hydrogen-bond donors (Lipinski definition) is 1. The lowest BCUT2D eigenvalue weighted by atomic mass is 10.4. The van der Waals surface area contributed by atoms with E-state index in [0.717, 1.165) is 12.8 Å². The molecule has 19 heavy (non-hydrogen) atoms. The van der Waals surface area contributed by atoms with Crippen molar-refractivity contribution >= 4 is 47.9 Å². The van der Waals surface area contributed by atoms with Gasteiger partial charge in [0, 0.05) is 13.1 Å². The van der Waals surface area contributed by atoms with Gasteiger partial charge in [0.1, 0.15) is 4.60 Å². The van der Waals surface area contributed by atoms with Crippen molar-refractivity contribution < 1.29 is 8.42 Å². The van der Waals surface area contributed by atoms with Crippen molar-refractivity contribution in [3.05, 3.63) is 15.4 Å². The van der Waals surface area contributed by atoms with Gasteiger partial charge in [-0.1, -0.05) is 13.8 Å². The van der Waals surface area contributed by atoms with Crippen LogP contribution in [0.25, 0.3) is 0 Å². The van der Waals surface area contributed by atoms with Crippen LogP contribution in [0, 0.1) is 0 Å². The van der Waals surface area contributed by atoms with Crippen LogP contribution >= 0.6 is 31.9 Å². The molecular formula is C10H16Br2N4O2S. The van der Waals surface area contributed by atoms with Gasteiger partial charge in [0.05, 0.1) is 6.20 Å². The summed E-state index contributed by atoms with van der Waals surface area (Å²) in [6.07, 6.45) is 2.95. The Bertz CT molecular complexity index is 518. The maximum absolute atomic E-state index is 12.2. The monoisotopic (exact) mass is 414 g/mol. The fourth-order valence-electron chi connectivity index (χ4n) is 1.45. The molecule has 0 amide bonds. The largest absolute Gasteiger partial charge is 0.302 e. The van der Waals surface area contributed by atoms with E-state index in [4.69, 9.17) is 0 Å². The number of nitrogens with zero attached hydrogens (tertiary/aromatic N) is 3. The van der Waals surface area contributed by atoms with Crippen LogP contribution in [-0.2, 0) is 10.2 Å². The van der Waals surface area contributed by atoms with Gasteiger partial charge < -0.3 is 0 Å². The summed E-state index contributed by atoms with van der Waals surface area (Å²) in [5.74, 6) is 0.181. The smallest absolute Gasteiger partial charge is 0.252 e. The van der Waals surface area contributed by atoms with Gasteiger partial charge in [0.25, 0.3) is 0 Å². The quantitative estimate of drug-likeness (QED) is 0.742.